The van der Waals surface area contributed by atoms with Crippen molar-refractivity contribution < 1.29 is 0 Å². The third-order valence-corrected chi connectivity index (χ3v) is 3.96. The number of piperidine rings is 1. The molecular weight excluding hydrogens is 282 g/mol. The minimum Gasteiger partial charge on any atom is -0.399 e. The zero-order valence-corrected chi connectivity index (χ0v) is 13.5. The van der Waals surface area contributed by atoms with Gasteiger partial charge in [0, 0.05) is 24.5 Å². The van der Waals surface area contributed by atoms with Crippen LogP contribution in [0, 0.1) is 0 Å². The zero-order valence-electron chi connectivity index (χ0n) is 13.5. The predicted molar refractivity (Wildman–Crippen MR) is 99.8 cm³/mol. The zero-order chi connectivity index (χ0) is 16.2. The van der Waals surface area contributed by atoms with Crippen LogP contribution in [0.3, 0.4) is 0 Å². The number of hydrogen-bond donors (Lipinski definition) is 2. The van der Waals surface area contributed by atoms with Crippen LogP contribution < -0.4 is 11.5 Å². The van der Waals surface area contributed by atoms with Gasteiger partial charge in [0.15, 0.2) is 0 Å². The summed E-state index contributed by atoms with van der Waals surface area (Å²) in [4.78, 5) is 2.33. The highest BCUT2D eigenvalue weighted by molar-refractivity contribution is 5.62. The Balaban J connectivity index is 1.84. The van der Waals surface area contributed by atoms with Crippen molar-refractivity contribution in [1.82, 2.24) is 4.90 Å². The Bertz CT molecular complexity index is 695. The van der Waals surface area contributed by atoms with Gasteiger partial charge >= 0.3 is 0 Å². The number of hydrogen-bond acceptors (Lipinski definition) is 3. The second kappa shape index (κ2) is 6.71. The fraction of sp³-hybridized carbons (Fsp3) is 0.200. The Morgan fingerprint density at radius 1 is 0.826 bits per heavy atom. The van der Waals surface area contributed by atoms with E-state index in [4.69, 9.17) is 11.5 Å². The topological polar surface area (TPSA) is 55.3 Å². The first-order valence-electron chi connectivity index (χ1n) is 7.87. The SMILES string of the molecule is CN1CC(=Cc2cccc(N)c2)CC(=Cc2cccc(N)c2)C1. The first kappa shape index (κ1) is 15.4. The summed E-state index contributed by atoms with van der Waals surface area (Å²) in [6.07, 6.45) is 5.49. The van der Waals surface area contributed by atoms with Gasteiger partial charge in [0.05, 0.1) is 0 Å². The molecule has 0 bridgehead atoms. The molecule has 1 heterocycles. The molecule has 0 unspecified atom stereocenters. The number of likely N-dealkylation sites (N-methyl/N-ethyl adjacent to an activating group) is 1. The van der Waals surface area contributed by atoms with Crippen LogP contribution in [0.5, 0.6) is 0 Å². The Labute approximate surface area is 137 Å². The molecule has 0 aliphatic carbocycles. The number of likely N-dealkylation sites (tertiary alicyclic amines) is 1. The molecule has 0 atom stereocenters. The first-order chi connectivity index (χ1) is 11.1. The summed E-state index contributed by atoms with van der Waals surface area (Å²) >= 11 is 0. The highest BCUT2D eigenvalue weighted by Gasteiger charge is 2.15. The average molecular weight is 305 g/mol. The highest BCUT2D eigenvalue weighted by atomic mass is 15.1. The largest absolute Gasteiger partial charge is 0.399 e. The molecule has 2 aromatic carbocycles. The normalized spacial score (nSPS) is 19.3. The van der Waals surface area contributed by atoms with Crippen LogP contribution in [0.15, 0.2) is 59.7 Å². The maximum Gasteiger partial charge on any atom is 0.0319 e. The summed E-state index contributed by atoms with van der Waals surface area (Å²) in [6.45, 7) is 1.98. The molecule has 0 saturated carbocycles. The third kappa shape index (κ3) is 4.24. The Morgan fingerprint density at radius 2 is 1.30 bits per heavy atom. The van der Waals surface area contributed by atoms with Crippen molar-refractivity contribution in [2.24, 2.45) is 0 Å². The van der Waals surface area contributed by atoms with Crippen LogP contribution in [-0.4, -0.2) is 25.0 Å². The highest BCUT2D eigenvalue weighted by Crippen LogP contribution is 2.24. The van der Waals surface area contributed by atoms with Gasteiger partial charge in [0.1, 0.15) is 0 Å². The lowest BCUT2D eigenvalue weighted by molar-refractivity contribution is 0.369. The predicted octanol–water partition coefficient (Wildman–Crippen LogP) is 3.65. The van der Waals surface area contributed by atoms with Gasteiger partial charge in [-0.2, -0.15) is 0 Å². The van der Waals surface area contributed by atoms with E-state index in [9.17, 15) is 0 Å². The second-order valence-corrected chi connectivity index (χ2v) is 6.29. The Morgan fingerprint density at radius 3 is 1.74 bits per heavy atom. The van der Waals surface area contributed by atoms with Gasteiger partial charge in [0.25, 0.3) is 0 Å². The van der Waals surface area contributed by atoms with Crippen molar-refractivity contribution in [2.45, 2.75) is 6.42 Å². The molecule has 3 nitrogen and oxygen atoms in total. The quantitative estimate of drug-likeness (QED) is 0.833. The first-order valence-corrected chi connectivity index (χ1v) is 7.87. The maximum atomic E-state index is 5.87. The molecule has 1 aliphatic heterocycles. The van der Waals surface area contributed by atoms with E-state index in [1.54, 1.807) is 0 Å². The van der Waals surface area contributed by atoms with E-state index >= 15 is 0 Å². The van der Waals surface area contributed by atoms with Gasteiger partial charge in [-0.05, 0) is 48.9 Å². The van der Waals surface area contributed by atoms with Crippen LogP contribution in [0.1, 0.15) is 17.5 Å². The van der Waals surface area contributed by atoms with E-state index in [1.165, 1.54) is 22.3 Å². The number of nitrogens with zero attached hydrogens (tertiary/aromatic N) is 1. The van der Waals surface area contributed by atoms with Crippen molar-refractivity contribution in [3.63, 3.8) is 0 Å². The minimum absolute atomic E-state index is 0.805. The summed E-state index contributed by atoms with van der Waals surface area (Å²) in [6, 6.07) is 16.1. The molecule has 23 heavy (non-hydrogen) atoms. The monoisotopic (exact) mass is 305 g/mol. The van der Waals surface area contributed by atoms with E-state index in [-0.39, 0.29) is 0 Å². The van der Waals surface area contributed by atoms with Crippen LogP contribution in [-0.2, 0) is 0 Å². The van der Waals surface area contributed by atoms with E-state index < -0.39 is 0 Å². The molecule has 3 rings (SSSR count). The van der Waals surface area contributed by atoms with Crippen LogP contribution >= 0.6 is 0 Å². The molecule has 0 amide bonds. The summed E-state index contributed by atoms with van der Waals surface area (Å²) < 4.78 is 0. The Hall–Kier alpha value is -2.52. The molecule has 118 valence electrons. The summed E-state index contributed by atoms with van der Waals surface area (Å²) in [5.41, 5.74) is 18.5. The van der Waals surface area contributed by atoms with E-state index in [2.05, 4.69) is 36.2 Å². The molecule has 3 heteroatoms. The fourth-order valence-corrected chi connectivity index (χ4v) is 3.12. The molecule has 2 aromatic rings. The second-order valence-electron chi connectivity index (χ2n) is 6.29. The molecule has 1 fully saturated rings. The van der Waals surface area contributed by atoms with Crippen LogP contribution in [0.25, 0.3) is 12.2 Å². The van der Waals surface area contributed by atoms with Gasteiger partial charge in [-0.1, -0.05) is 47.6 Å². The van der Waals surface area contributed by atoms with Crippen LogP contribution in [0.4, 0.5) is 11.4 Å². The van der Waals surface area contributed by atoms with Gasteiger partial charge in [-0.25, -0.2) is 0 Å². The summed E-state index contributed by atoms with van der Waals surface area (Å²) in [5, 5.41) is 0. The molecule has 1 aliphatic rings. The molecular formula is C20H23N3. The van der Waals surface area contributed by atoms with Crippen molar-refractivity contribution in [3.05, 3.63) is 70.8 Å². The smallest absolute Gasteiger partial charge is 0.0319 e. The maximum absolute atomic E-state index is 5.87. The molecule has 4 N–H and O–H groups in total. The van der Waals surface area contributed by atoms with Crippen molar-refractivity contribution in [3.8, 4) is 0 Å². The lowest BCUT2D eigenvalue weighted by Crippen LogP contribution is -2.28. The number of benzene rings is 2. The minimum atomic E-state index is 0.805. The molecule has 1 saturated heterocycles. The van der Waals surface area contributed by atoms with E-state index in [1.807, 2.05) is 36.4 Å². The summed E-state index contributed by atoms with van der Waals surface area (Å²) in [7, 11) is 2.15. The van der Waals surface area contributed by atoms with Crippen molar-refractivity contribution >= 4 is 23.5 Å². The number of nitrogen functional groups attached to an aromatic ring is 2. The average Bonchev–Trinajstić information content (AvgIpc) is 2.46. The van der Waals surface area contributed by atoms with Gasteiger partial charge in [-0.3, -0.25) is 4.90 Å². The van der Waals surface area contributed by atoms with E-state index in [0.29, 0.717) is 0 Å². The van der Waals surface area contributed by atoms with E-state index in [0.717, 1.165) is 30.9 Å². The van der Waals surface area contributed by atoms with Gasteiger partial charge in [-0.15, -0.1) is 0 Å². The fourth-order valence-electron chi connectivity index (χ4n) is 3.12. The summed E-state index contributed by atoms with van der Waals surface area (Å²) in [5.74, 6) is 0. The van der Waals surface area contributed by atoms with Crippen molar-refractivity contribution in [2.75, 3.05) is 31.6 Å². The van der Waals surface area contributed by atoms with Crippen LogP contribution in [0.2, 0.25) is 0 Å². The Kier molecular flexibility index (Phi) is 4.49. The lowest BCUT2D eigenvalue weighted by atomic mass is 9.96. The number of anilines is 2. The number of rotatable bonds is 2. The lowest BCUT2D eigenvalue weighted by Gasteiger charge is -2.27. The third-order valence-electron chi connectivity index (χ3n) is 3.96. The van der Waals surface area contributed by atoms with Gasteiger partial charge in [0.2, 0.25) is 0 Å². The number of nitrogens with two attached hydrogens (primary N) is 2. The van der Waals surface area contributed by atoms with Gasteiger partial charge < -0.3 is 11.5 Å². The molecule has 0 aromatic heterocycles. The standard InChI is InChI=1S/C20H23N3/c1-23-13-17(8-15-4-2-6-19(21)11-15)10-18(14-23)9-16-5-3-7-20(22)12-16/h2-9,11-12H,10,13-14,21-22H2,1H3. The van der Waals surface area contributed by atoms with Crippen molar-refractivity contribution in [1.29, 1.82) is 0 Å². The molecule has 0 spiro atoms. The molecule has 0 radical (unpaired) electrons.